The number of hydrogen-bond donors (Lipinski definition) is 8. The number of carbonyl (C=O) groups is 3. The van der Waals surface area contributed by atoms with E-state index in [2.05, 4.69) is 20.9 Å². The molecule has 0 aliphatic carbocycles. The summed E-state index contributed by atoms with van der Waals surface area (Å²) < 4.78 is 0. The van der Waals surface area contributed by atoms with Gasteiger partial charge in [0, 0.05) is 30.1 Å². The standard InChI is InChI=1S/C19H27N7O4/c20-13(5-3-7-23-19(21)22)17(29)26-15(18(30)25-10-16(27)28)8-11-9-24-14-6-2-1-4-12(11)14/h1-2,4,6,9,13,15,24H,3,5,7-8,10,20H2,(H,25,30)(H,26,29)(H,27,28)(H4,21,22,23)/t13-,15+/m0/s1. The Hall–Kier alpha value is -3.60. The predicted molar refractivity (Wildman–Crippen MR) is 112 cm³/mol. The number of carboxylic acids is 1. The molecule has 162 valence electrons. The maximum Gasteiger partial charge on any atom is 0.322 e. The smallest absolute Gasteiger partial charge is 0.322 e. The van der Waals surface area contributed by atoms with Gasteiger partial charge in [-0.2, -0.15) is 0 Å². The Morgan fingerprint density at radius 1 is 1.17 bits per heavy atom. The molecule has 1 aromatic carbocycles. The van der Waals surface area contributed by atoms with Crippen molar-refractivity contribution in [1.82, 2.24) is 20.9 Å². The van der Waals surface area contributed by atoms with Crippen LogP contribution in [0, 0.1) is 5.41 Å². The normalized spacial score (nSPS) is 12.7. The minimum atomic E-state index is -1.19. The van der Waals surface area contributed by atoms with Gasteiger partial charge in [0.25, 0.3) is 0 Å². The number of carboxylic acid groups (broad SMARTS) is 1. The highest BCUT2D eigenvalue weighted by atomic mass is 16.4. The summed E-state index contributed by atoms with van der Waals surface area (Å²) in [4.78, 5) is 38.9. The van der Waals surface area contributed by atoms with E-state index in [1.54, 1.807) is 6.20 Å². The van der Waals surface area contributed by atoms with Crippen molar-refractivity contribution < 1.29 is 19.5 Å². The van der Waals surface area contributed by atoms with Crippen molar-refractivity contribution in [3.8, 4) is 0 Å². The van der Waals surface area contributed by atoms with E-state index in [1.807, 2.05) is 24.3 Å². The molecular formula is C19H27N7O4. The average Bonchev–Trinajstić information content (AvgIpc) is 3.11. The zero-order valence-corrected chi connectivity index (χ0v) is 16.4. The van der Waals surface area contributed by atoms with Gasteiger partial charge in [-0.05, 0) is 24.5 Å². The topological polar surface area (TPSA) is 199 Å². The highest BCUT2D eigenvalue weighted by molar-refractivity contribution is 5.92. The summed E-state index contributed by atoms with van der Waals surface area (Å²) in [6.07, 6.45) is 2.75. The fraction of sp³-hybridized carbons (Fsp3) is 0.368. The van der Waals surface area contributed by atoms with Gasteiger partial charge in [0.05, 0.1) is 6.04 Å². The number of H-pyrrole nitrogens is 1. The number of amides is 2. The van der Waals surface area contributed by atoms with Crippen LogP contribution in [0.5, 0.6) is 0 Å². The largest absolute Gasteiger partial charge is 0.480 e. The second-order valence-electron chi connectivity index (χ2n) is 6.83. The van der Waals surface area contributed by atoms with Crippen molar-refractivity contribution in [1.29, 1.82) is 5.41 Å². The average molecular weight is 417 g/mol. The number of carbonyl (C=O) groups excluding carboxylic acids is 2. The number of guanidine groups is 1. The number of benzene rings is 1. The second-order valence-corrected chi connectivity index (χ2v) is 6.83. The van der Waals surface area contributed by atoms with E-state index in [9.17, 15) is 14.4 Å². The summed E-state index contributed by atoms with van der Waals surface area (Å²) in [6, 6.07) is 5.67. The Labute approximate surface area is 173 Å². The molecule has 30 heavy (non-hydrogen) atoms. The molecule has 0 spiro atoms. The Morgan fingerprint density at radius 2 is 1.90 bits per heavy atom. The van der Waals surface area contributed by atoms with Crippen LogP contribution >= 0.6 is 0 Å². The predicted octanol–water partition coefficient (Wildman–Crippen LogP) is -1.01. The SMILES string of the molecule is N=C(N)NCCC[C@H](N)C(=O)N[C@H](Cc1c[nH]c2ccccc12)C(=O)NCC(=O)O. The van der Waals surface area contributed by atoms with Gasteiger partial charge in [-0.15, -0.1) is 0 Å². The number of para-hydroxylation sites is 1. The molecule has 0 radical (unpaired) electrons. The highest BCUT2D eigenvalue weighted by Gasteiger charge is 2.25. The van der Waals surface area contributed by atoms with Gasteiger partial charge in [-0.1, -0.05) is 18.2 Å². The molecule has 10 N–H and O–H groups in total. The van der Waals surface area contributed by atoms with Crippen molar-refractivity contribution in [2.24, 2.45) is 11.5 Å². The van der Waals surface area contributed by atoms with Crippen LogP contribution in [0.1, 0.15) is 18.4 Å². The first-order valence-corrected chi connectivity index (χ1v) is 9.46. The third-order valence-electron chi connectivity index (χ3n) is 4.49. The number of fused-ring (bicyclic) bond motifs is 1. The van der Waals surface area contributed by atoms with Gasteiger partial charge in [0.15, 0.2) is 5.96 Å². The third kappa shape index (κ3) is 6.78. The molecule has 1 aromatic heterocycles. The molecule has 11 nitrogen and oxygen atoms in total. The van der Waals surface area contributed by atoms with Crippen LogP contribution in [0.2, 0.25) is 0 Å². The van der Waals surface area contributed by atoms with Gasteiger partial charge in [0.1, 0.15) is 12.6 Å². The Bertz CT molecular complexity index is 911. The van der Waals surface area contributed by atoms with Crippen LogP contribution in [-0.2, 0) is 20.8 Å². The molecule has 2 rings (SSSR count). The van der Waals surface area contributed by atoms with Crippen LogP contribution in [0.15, 0.2) is 30.5 Å². The lowest BCUT2D eigenvalue weighted by Crippen LogP contribution is -2.53. The van der Waals surface area contributed by atoms with E-state index in [-0.39, 0.29) is 12.4 Å². The fourth-order valence-electron chi connectivity index (χ4n) is 2.97. The van der Waals surface area contributed by atoms with E-state index in [4.69, 9.17) is 22.0 Å². The minimum absolute atomic E-state index is 0.165. The lowest BCUT2D eigenvalue weighted by molar-refractivity contribution is -0.138. The molecule has 2 atom stereocenters. The Morgan fingerprint density at radius 3 is 2.60 bits per heavy atom. The number of nitrogens with two attached hydrogens (primary N) is 2. The van der Waals surface area contributed by atoms with E-state index in [1.165, 1.54) is 0 Å². The summed E-state index contributed by atoms with van der Waals surface area (Å²) in [5, 5.41) is 24.4. The van der Waals surface area contributed by atoms with E-state index >= 15 is 0 Å². The van der Waals surface area contributed by atoms with E-state index in [0.717, 1.165) is 16.5 Å². The monoisotopic (exact) mass is 417 g/mol. The van der Waals surface area contributed by atoms with Gasteiger partial charge >= 0.3 is 5.97 Å². The Balaban J connectivity index is 2.05. The van der Waals surface area contributed by atoms with E-state index in [0.29, 0.717) is 19.4 Å². The molecule has 11 heteroatoms. The van der Waals surface area contributed by atoms with Crippen LogP contribution in [0.25, 0.3) is 10.9 Å². The summed E-state index contributed by atoms with van der Waals surface area (Å²) in [7, 11) is 0. The van der Waals surface area contributed by atoms with Crippen molar-refractivity contribution in [3.63, 3.8) is 0 Å². The van der Waals surface area contributed by atoms with Gasteiger partial charge < -0.3 is 37.5 Å². The molecule has 0 fully saturated rings. The first kappa shape index (κ1) is 22.7. The number of aromatic amines is 1. The maximum absolute atomic E-state index is 12.5. The fourth-order valence-corrected chi connectivity index (χ4v) is 2.97. The molecule has 0 saturated heterocycles. The lowest BCUT2D eigenvalue weighted by Gasteiger charge is -2.20. The van der Waals surface area contributed by atoms with Crippen molar-refractivity contribution in [2.75, 3.05) is 13.1 Å². The van der Waals surface area contributed by atoms with Crippen LogP contribution < -0.4 is 27.4 Å². The zero-order valence-electron chi connectivity index (χ0n) is 16.4. The van der Waals surface area contributed by atoms with Gasteiger partial charge in [-0.3, -0.25) is 19.8 Å². The second kappa shape index (κ2) is 10.8. The first-order chi connectivity index (χ1) is 14.3. The molecule has 0 aliphatic heterocycles. The number of nitrogens with one attached hydrogen (secondary N) is 5. The summed E-state index contributed by atoms with van der Waals surface area (Å²) >= 11 is 0. The molecule has 0 bridgehead atoms. The van der Waals surface area contributed by atoms with E-state index < -0.39 is 36.4 Å². The summed E-state index contributed by atoms with van der Waals surface area (Å²) in [5.74, 6) is -2.48. The number of rotatable bonds is 11. The van der Waals surface area contributed by atoms with Gasteiger partial charge in [-0.25, -0.2) is 0 Å². The molecule has 1 heterocycles. The summed E-state index contributed by atoms with van der Waals surface area (Å²) in [5.41, 5.74) is 12.8. The molecule has 2 aromatic rings. The zero-order chi connectivity index (χ0) is 22.1. The van der Waals surface area contributed by atoms with Crippen LogP contribution in [0.3, 0.4) is 0 Å². The summed E-state index contributed by atoms with van der Waals surface area (Å²) in [6.45, 7) is -0.157. The van der Waals surface area contributed by atoms with Gasteiger partial charge in [0.2, 0.25) is 11.8 Å². The van der Waals surface area contributed by atoms with Crippen molar-refractivity contribution >= 4 is 34.6 Å². The maximum atomic E-state index is 12.5. The number of hydrogen-bond acceptors (Lipinski definition) is 5. The Kier molecular flexibility index (Phi) is 8.18. The van der Waals surface area contributed by atoms with Crippen LogP contribution in [-0.4, -0.2) is 59.0 Å². The van der Waals surface area contributed by atoms with Crippen molar-refractivity contribution in [2.45, 2.75) is 31.3 Å². The molecule has 0 saturated carbocycles. The minimum Gasteiger partial charge on any atom is -0.480 e. The molecule has 2 amide bonds. The highest BCUT2D eigenvalue weighted by Crippen LogP contribution is 2.19. The molecular weight excluding hydrogens is 390 g/mol. The number of aliphatic carboxylic acids is 1. The lowest BCUT2D eigenvalue weighted by atomic mass is 10.0. The first-order valence-electron chi connectivity index (χ1n) is 9.46. The molecule has 0 unspecified atom stereocenters. The number of aromatic nitrogens is 1. The molecule has 0 aliphatic rings. The third-order valence-corrected chi connectivity index (χ3v) is 4.49. The van der Waals surface area contributed by atoms with Crippen molar-refractivity contribution in [3.05, 3.63) is 36.0 Å². The quantitative estimate of drug-likeness (QED) is 0.130. The van der Waals surface area contributed by atoms with Crippen LogP contribution in [0.4, 0.5) is 0 Å².